The monoisotopic (exact) mass is 427 g/mol. The summed E-state index contributed by atoms with van der Waals surface area (Å²) in [6.07, 6.45) is 1.66. The number of piperazine rings is 1. The quantitative estimate of drug-likeness (QED) is 0.643. The Morgan fingerprint density at radius 1 is 1.03 bits per heavy atom. The standard InChI is InChI=1S/C25H25N5O2/c1-32-23-12-6-5-11-21(23)28-24-20(10-7-13-27-24)25(31)30-16-14-29(15-17-30)22(18-26)19-8-3-2-4-9-19/h2-13,22H,14-17H2,1H3,(H,27,28). The summed E-state index contributed by atoms with van der Waals surface area (Å²) < 4.78 is 5.40. The molecule has 1 saturated heterocycles. The molecular weight excluding hydrogens is 402 g/mol. The summed E-state index contributed by atoms with van der Waals surface area (Å²) >= 11 is 0. The summed E-state index contributed by atoms with van der Waals surface area (Å²) in [5, 5.41) is 12.9. The minimum Gasteiger partial charge on any atom is -0.495 e. The predicted molar refractivity (Wildman–Crippen MR) is 123 cm³/mol. The van der Waals surface area contributed by atoms with Gasteiger partial charge in [-0.15, -0.1) is 0 Å². The molecule has 4 rings (SSSR count). The average Bonchev–Trinajstić information content (AvgIpc) is 2.86. The number of nitrogens with zero attached hydrogens (tertiary/aromatic N) is 4. The Balaban J connectivity index is 1.47. The number of nitriles is 1. The summed E-state index contributed by atoms with van der Waals surface area (Å²) in [6, 6.07) is 22.9. The van der Waals surface area contributed by atoms with Crippen LogP contribution in [0.2, 0.25) is 0 Å². The number of carbonyl (C=O) groups is 1. The van der Waals surface area contributed by atoms with Gasteiger partial charge in [-0.1, -0.05) is 42.5 Å². The molecule has 1 aliphatic heterocycles. The molecule has 1 aromatic heterocycles. The van der Waals surface area contributed by atoms with Gasteiger partial charge in [-0.05, 0) is 29.8 Å². The zero-order valence-corrected chi connectivity index (χ0v) is 17.9. The zero-order valence-electron chi connectivity index (χ0n) is 17.9. The van der Waals surface area contributed by atoms with Gasteiger partial charge in [-0.3, -0.25) is 9.69 Å². The van der Waals surface area contributed by atoms with E-state index in [0.717, 1.165) is 11.3 Å². The average molecular weight is 428 g/mol. The van der Waals surface area contributed by atoms with Crippen molar-refractivity contribution in [1.82, 2.24) is 14.8 Å². The van der Waals surface area contributed by atoms with Gasteiger partial charge in [0.2, 0.25) is 0 Å². The minimum atomic E-state index is -0.311. The van der Waals surface area contributed by atoms with Crippen LogP contribution in [0, 0.1) is 11.3 Å². The van der Waals surface area contributed by atoms with Crippen molar-refractivity contribution in [2.24, 2.45) is 0 Å². The molecule has 1 N–H and O–H groups in total. The third-order valence-corrected chi connectivity index (χ3v) is 5.60. The second-order valence-electron chi connectivity index (χ2n) is 7.50. The van der Waals surface area contributed by atoms with E-state index in [-0.39, 0.29) is 11.9 Å². The van der Waals surface area contributed by atoms with Crippen LogP contribution in [0.4, 0.5) is 11.5 Å². The molecule has 2 heterocycles. The second-order valence-corrected chi connectivity index (χ2v) is 7.50. The Kier molecular flexibility index (Phi) is 6.63. The molecule has 3 aromatic rings. The lowest BCUT2D eigenvalue weighted by Gasteiger charge is -2.37. The van der Waals surface area contributed by atoms with E-state index in [1.54, 1.807) is 25.4 Å². The third-order valence-electron chi connectivity index (χ3n) is 5.60. The van der Waals surface area contributed by atoms with Gasteiger partial charge in [0.25, 0.3) is 5.91 Å². The van der Waals surface area contributed by atoms with Crippen molar-refractivity contribution in [2.75, 3.05) is 38.6 Å². The lowest BCUT2D eigenvalue weighted by molar-refractivity contribution is 0.0607. The smallest absolute Gasteiger partial charge is 0.257 e. The number of amides is 1. The molecular formula is C25H25N5O2. The van der Waals surface area contributed by atoms with Crippen molar-refractivity contribution in [3.63, 3.8) is 0 Å². The number of para-hydroxylation sites is 2. The van der Waals surface area contributed by atoms with Crippen LogP contribution in [0.1, 0.15) is 22.0 Å². The maximum absolute atomic E-state index is 13.3. The van der Waals surface area contributed by atoms with E-state index in [0.29, 0.717) is 43.3 Å². The molecule has 7 heteroatoms. The summed E-state index contributed by atoms with van der Waals surface area (Å²) in [5.74, 6) is 1.08. The SMILES string of the molecule is COc1ccccc1Nc1ncccc1C(=O)N1CCN(C(C#N)c2ccccc2)CC1. The van der Waals surface area contributed by atoms with E-state index in [9.17, 15) is 10.1 Å². The normalized spacial score (nSPS) is 14.9. The maximum Gasteiger partial charge on any atom is 0.257 e. The lowest BCUT2D eigenvalue weighted by Crippen LogP contribution is -2.49. The fraction of sp³-hybridized carbons (Fsp3) is 0.240. The van der Waals surface area contributed by atoms with Gasteiger partial charge in [0, 0.05) is 32.4 Å². The van der Waals surface area contributed by atoms with Crippen LogP contribution < -0.4 is 10.1 Å². The number of benzene rings is 2. The number of anilines is 2. The van der Waals surface area contributed by atoms with Gasteiger partial charge < -0.3 is 15.0 Å². The molecule has 162 valence electrons. The first-order valence-corrected chi connectivity index (χ1v) is 10.5. The second kappa shape index (κ2) is 9.94. The first kappa shape index (κ1) is 21.3. The Morgan fingerprint density at radius 2 is 1.75 bits per heavy atom. The van der Waals surface area contributed by atoms with Crippen LogP contribution >= 0.6 is 0 Å². The van der Waals surface area contributed by atoms with Gasteiger partial charge >= 0.3 is 0 Å². The number of rotatable bonds is 6. The lowest BCUT2D eigenvalue weighted by atomic mass is 10.1. The molecule has 1 fully saturated rings. The molecule has 1 amide bonds. The number of methoxy groups -OCH3 is 1. The van der Waals surface area contributed by atoms with Crippen molar-refractivity contribution in [1.29, 1.82) is 5.26 Å². The van der Waals surface area contributed by atoms with E-state index in [1.807, 2.05) is 59.5 Å². The topological polar surface area (TPSA) is 81.5 Å². The van der Waals surface area contributed by atoms with Gasteiger partial charge in [0.15, 0.2) is 0 Å². The highest BCUT2D eigenvalue weighted by atomic mass is 16.5. The van der Waals surface area contributed by atoms with Gasteiger partial charge in [0.1, 0.15) is 17.6 Å². The number of pyridine rings is 1. The highest BCUT2D eigenvalue weighted by Crippen LogP contribution is 2.28. The summed E-state index contributed by atoms with van der Waals surface area (Å²) in [7, 11) is 1.61. The number of nitrogens with one attached hydrogen (secondary N) is 1. The predicted octanol–water partition coefficient (Wildman–Crippen LogP) is 3.86. The fourth-order valence-electron chi connectivity index (χ4n) is 3.91. The van der Waals surface area contributed by atoms with Crippen molar-refractivity contribution in [2.45, 2.75) is 6.04 Å². The van der Waals surface area contributed by atoms with Gasteiger partial charge in [-0.2, -0.15) is 5.26 Å². The first-order valence-electron chi connectivity index (χ1n) is 10.5. The van der Waals surface area contributed by atoms with E-state index in [1.165, 1.54) is 0 Å². The maximum atomic E-state index is 13.3. The van der Waals surface area contributed by atoms with Crippen LogP contribution in [-0.4, -0.2) is 54.0 Å². The summed E-state index contributed by atoms with van der Waals surface area (Å²) in [4.78, 5) is 21.6. The van der Waals surface area contributed by atoms with Crippen LogP contribution in [0.15, 0.2) is 72.9 Å². The molecule has 7 nitrogen and oxygen atoms in total. The molecule has 0 spiro atoms. The van der Waals surface area contributed by atoms with Crippen molar-refractivity contribution >= 4 is 17.4 Å². The minimum absolute atomic E-state index is 0.0802. The Labute approximate surface area is 187 Å². The molecule has 1 unspecified atom stereocenters. The van der Waals surface area contributed by atoms with E-state index in [4.69, 9.17) is 4.74 Å². The molecule has 1 aliphatic rings. The fourth-order valence-corrected chi connectivity index (χ4v) is 3.91. The summed E-state index contributed by atoms with van der Waals surface area (Å²) in [6.45, 7) is 2.36. The Bertz CT molecular complexity index is 1100. The molecule has 0 aliphatic carbocycles. The van der Waals surface area contributed by atoms with E-state index < -0.39 is 0 Å². The van der Waals surface area contributed by atoms with Gasteiger partial charge in [-0.25, -0.2) is 4.98 Å². The largest absolute Gasteiger partial charge is 0.495 e. The molecule has 1 atom stereocenters. The number of carbonyl (C=O) groups excluding carboxylic acids is 1. The van der Waals surface area contributed by atoms with E-state index in [2.05, 4.69) is 21.3 Å². The first-order chi connectivity index (χ1) is 15.7. The highest BCUT2D eigenvalue weighted by Gasteiger charge is 2.28. The van der Waals surface area contributed by atoms with Gasteiger partial charge in [0.05, 0.1) is 24.4 Å². The Hall–Kier alpha value is -3.89. The van der Waals surface area contributed by atoms with Crippen LogP contribution in [0.3, 0.4) is 0 Å². The molecule has 0 radical (unpaired) electrons. The third kappa shape index (κ3) is 4.56. The van der Waals surface area contributed by atoms with Crippen LogP contribution in [0.5, 0.6) is 5.75 Å². The molecule has 2 aromatic carbocycles. The van der Waals surface area contributed by atoms with Crippen LogP contribution in [0.25, 0.3) is 0 Å². The number of aromatic nitrogens is 1. The number of ether oxygens (including phenoxy) is 1. The highest BCUT2D eigenvalue weighted by molar-refractivity contribution is 5.99. The van der Waals surface area contributed by atoms with Crippen molar-refractivity contribution in [3.05, 3.63) is 84.1 Å². The van der Waals surface area contributed by atoms with Crippen molar-refractivity contribution in [3.8, 4) is 11.8 Å². The molecule has 32 heavy (non-hydrogen) atoms. The Morgan fingerprint density at radius 3 is 2.47 bits per heavy atom. The number of hydrogen-bond donors (Lipinski definition) is 1. The number of hydrogen-bond acceptors (Lipinski definition) is 6. The molecule has 0 saturated carbocycles. The summed E-state index contributed by atoms with van der Waals surface area (Å²) in [5.41, 5.74) is 2.23. The van der Waals surface area contributed by atoms with Crippen molar-refractivity contribution < 1.29 is 9.53 Å². The van der Waals surface area contributed by atoms with Crippen LogP contribution in [-0.2, 0) is 0 Å². The van der Waals surface area contributed by atoms with E-state index >= 15 is 0 Å². The molecule has 0 bridgehead atoms. The zero-order chi connectivity index (χ0) is 22.3.